The summed E-state index contributed by atoms with van der Waals surface area (Å²) in [4.78, 5) is 2.18. The smallest absolute Gasteiger partial charge is 0.0755 e. The third-order valence-corrected chi connectivity index (χ3v) is 5.61. The van der Waals surface area contributed by atoms with Crippen molar-refractivity contribution in [3.63, 3.8) is 0 Å². The van der Waals surface area contributed by atoms with Gasteiger partial charge in [0.05, 0.1) is 14.9 Å². The molecule has 2 heterocycles. The highest BCUT2D eigenvalue weighted by atomic mass is 79.9. The number of nitrogens with two attached hydrogens (primary N) is 1. The number of hydrogen-bond acceptors (Lipinski definition) is 3. The van der Waals surface area contributed by atoms with Crippen LogP contribution in [0.15, 0.2) is 21.3 Å². The van der Waals surface area contributed by atoms with Crippen molar-refractivity contribution in [2.75, 3.05) is 0 Å². The zero-order valence-corrected chi connectivity index (χ0v) is 11.9. The highest BCUT2D eigenvalue weighted by Gasteiger charge is 2.17. The van der Waals surface area contributed by atoms with Crippen LogP contribution in [0, 0.1) is 6.92 Å². The van der Waals surface area contributed by atoms with E-state index >= 15 is 0 Å². The number of rotatable bonds is 2. The first-order chi connectivity index (χ1) is 7.09. The average Bonchev–Trinajstić information content (AvgIpc) is 2.75. The summed E-state index contributed by atoms with van der Waals surface area (Å²) in [6.45, 7) is 2.00. The third-order valence-electron chi connectivity index (χ3n) is 2.11. The maximum Gasteiger partial charge on any atom is 0.0755 e. The number of aryl methyl sites for hydroxylation is 1. The zero-order valence-electron chi connectivity index (χ0n) is 7.96. The van der Waals surface area contributed by atoms with Gasteiger partial charge >= 0.3 is 0 Å². The van der Waals surface area contributed by atoms with Gasteiger partial charge in [-0.25, -0.2) is 0 Å². The summed E-state index contributed by atoms with van der Waals surface area (Å²) in [6.07, 6.45) is 0. The summed E-state index contributed by atoms with van der Waals surface area (Å²) in [5.41, 5.74) is 7.26. The van der Waals surface area contributed by atoms with E-state index in [4.69, 9.17) is 17.3 Å². The number of halogens is 2. The molecule has 15 heavy (non-hydrogen) atoms. The van der Waals surface area contributed by atoms with Crippen LogP contribution in [0.5, 0.6) is 0 Å². The molecular formula is C10H9BrClNS2. The van der Waals surface area contributed by atoms with Gasteiger partial charge in [-0.2, -0.15) is 0 Å². The van der Waals surface area contributed by atoms with E-state index in [1.807, 2.05) is 24.4 Å². The first-order valence-electron chi connectivity index (χ1n) is 4.34. The van der Waals surface area contributed by atoms with Crippen molar-refractivity contribution < 1.29 is 0 Å². The average molecular weight is 323 g/mol. The van der Waals surface area contributed by atoms with E-state index in [1.54, 1.807) is 22.7 Å². The van der Waals surface area contributed by atoms with Gasteiger partial charge in [0.25, 0.3) is 0 Å². The lowest BCUT2D eigenvalue weighted by Gasteiger charge is -2.07. The molecule has 2 rings (SSSR count). The van der Waals surface area contributed by atoms with E-state index in [1.165, 1.54) is 0 Å². The normalized spacial score (nSPS) is 13.1. The second-order valence-corrected chi connectivity index (χ2v) is 7.00. The standard InChI is InChI=1S/C10H9BrClNS2/c1-5-4-14-10(8(5)12)9(13)6-2-3-7(11)15-6/h2-4,9H,13H2,1H3. The number of thiophene rings is 2. The fourth-order valence-electron chi connectivity index (χ4n) is 1.28. The minimum absolute atomic E-state index is 0.104. The predicted molar refractivity (Wildman–Crippen MR) is 72.1 cm³/mol. The highest BCUT2D eigenvalue weighted by molar-refractivity contribution is 9.11. The Morgan fingerprint density at radius 2 is 2.20 bits per heavy atom. The van der Waals surface area contributed by atoms with Crippen LogP contribution in [-0.2, 0) is 0 Å². The Balaban J connectivity index is 2.36. The third kappa shape index (κ3) is 2.29. The van der Waals surface area contributed by atoms with Crippen LogP contribution in [0.25, 0.3) is 0 Å². The first kappa shape index (κ1) is 11.6. The van der Waals surface area contributed by atoms with Crippen molar-refractivity contribution in [2.45, 2.75) is 13.0 Å². The Morgan fingerprint density at radius 1 is 1.47 bits per heavy atom. The van der Waals surface area contributed by atoms with E-state index in [2.05, 4.69) is 15.9 Å². The number of hydrogen-bond donors (Lipinski definition) is 1. The zero-order chi connectivity index (χ0) is 11.0. The highest BCUT2D eigenvalue weighted by Crippen LogP contribution is 2.37. The second kappa shape index (κ2) is 4.55. The van der Waals surface area contributed by atoms with Gasteiger partial charge in [0, 0.05) is 9.75 Å². The molecule has 0 aromatic carbocycles. The van der Waals surface area contributed by atoms with E-state index in [-0.39, 0.29) is 6.04 Å². The summed E-state index contributed by atoms with van der Waals surface area (Å²) in [5, 5.41) is 2.84. The molecule has 2 N–H and O–H groups in total. The maximum atomic E-state index is 6.18. The molecule has 80 valence electrons. The van der Waals surface area contributed by atoms with Gasteiger partial charge in [0.1, 0.15) is 0 Å². The molecule has 0 spiro atoms. The maximum absolute atomic E-state index is 6.18. The van der Waals surface area contributed by atoms with Crippen molar-refractivity contribution in [3.8, 4) is 0 Å². The fraction of sp³-hybridized carbons (Fsp3) is 0.200. The molecule has 2 aromatic heterocycles. The molecule has 0 bridgehead atoms. The van der Waals surface area contributed by atoms with Gasteiger partial charge in [0.15, 0.2) is 0 Å². The summed E-state index contributed by atoms with van der Waals surface area (Å²) in [7, 11) is 0. The Morgan fingerprint density at radius 3 is 2.67 bits per heavy atom. The molecule has 1 unspecified atom stereocenters. The van der Waals surface area contributed by atoms with Crippen LogP contribution < -0.4 is 5.73 Å². The van der Waals surface area contributed by atoms with Gasteiger partial charge in [0.2, 0.25) is 0 Å². The summed E-state index contributed by atoms with van der Waals surface area (Å²) < 4.78 is 1.09. The Bertz CT molecular complexity index is 477. The van der Waals surface area contributed by atoms with Crippen molar-refractivity contribution in [2.24, 2.45) is 5.73 Å². The van der Waals surface area contributed by atoms with Crippen molar-refractivity contribution in [3.05, 3.63) is 41.6 Å². The topological polar surface area (TPSA) is 26.0 Å². The lowest BCUT2D eigenvalue weighted by atomic mass is 10.2. The molecule has 5 heteroatoms. The second-order valence-electron chi connectivity index (χ2n) is 3.22. The molecule has 0 aliphatic heterocycles. The largest absolute Gasteiger partial charge is 0.319 e. The fourth-order valence-corrected chi connectivity index (χ4v) is 4.12. The molecule has 0 radical (unpaired) electrons. The molecule has 0 saturated carbocycles. The Kier molecular flexibility index (Phi) is 3.52. The van der Waals surface area contributed by atoms with Crippen molar-refractivity contribution in [1.29, 1.82) is 0 Å². The molecule has 0 saturated heterocycles. The minimum atomic E-state index is -0.104. The van der Waals surface area contributed by atoms with E-state index in [0.29, 0.717) is 0 Å². The van der Waals surface area contributed by atoms with Crippen LogP contribution in [0.4, 0.5) is 0 Å². The lowest BCUT2D eigenvalue weighted by molar-refractivity contribution is 0.916. The van der Waals surface area contributed by atoms with E-state index in [0.717, 1.165) is 24.1 Å². The summed E-state index contributed by atoms with van der Waals surface area (Å²) in [5.74, 6) is 0. The van der Waals surface area contributed by atoms with Gasteiger partial charge in [-0.3, -0.25) is 0 Å². The predicted octanol–water partition coefficient (Wildman–Crippen LogP) is 4.58. The van der Waals surface area contributed by atoms with Crippen LogP contribution >= 0.6 is 50.2 Å². The summed E-state index contributed by atoms with van der Waals surface area (Å²) in [6, 6.07) is 3.94. The Hall–Kier alpha value is 0.130. The molecule has 0 aliphatic rings. The molecule has 0 aliphatic carbocycles. The molecule has 0 fully saturated rings. The van der Waals surface area contributed by atoms with Gasteiger partial charge in [-0.05, 0) is 45.9 Å². The molecule has 1 nitrogen and oxygen atoms in total. The summed E-state index contributed by atoms with van der Waals surface area (Å²) >= 11 is 12.9. The Labute approximate surface area is 110 Å². The molecular weight excluding hydrogens is 314 g/mol. The van der Waals surface area contributed by atoms with Gasteiger partial charge in [-0.1, -0.05) is 11.6 Å². The first-order valence-corrected chi connectivity index (χ1v) is 7.20. The monoisotopic (exact) mass is 321 g/mol. The quantitative estimate of drug-likeness (QED) is 0.860. The van der Waals surface area contributed by atoms with Crippen molar-refractivity contribution >= 4 is 50.2 Å². The van der Waals surface area contributed by atoms with Crippen LogP contribution in [-0.4, -0.2) is 0 Å². The molecule has 1 atom stereocenters. The van der Waals surface area contributed by atoms with Crippen LogP contribution in [0.1, 0.15) is 21.4 Å². The lowest BCUT2D eigenvalue weighted by Crippen LogP contribution is -2.08. The molecule has 0 amide bonds. The van der Waals surface area contributed by atoms with Crippen molar-refractivity contribution in [1.82, 2.24) is 0 Å². The van der Waals surface area contributed by atoms with Gasteiger partial charge in [-0.15, -0.1) is 22.7 Å². The van der Waals surface area contributed by atoms with E-state index in [9.17, 15) is 0 Å². The SMILES string of the molecule is Cc1csc(C(N)c2ccc(Br)s2)c1Cl. The van der Waals surface area contributed by atoms with Gasteiger partial charge < -0.3 is 5.73 Å². The minimum Gasteiger partial charge on any atom is -0.319 e. The van der Waals surface area contributed by atoms with Crippen LogP contribution in [0.3, 0.4) is 0 Å². The van der Waals surface area contributed by atoms with E-state index < -0.39 is 0 Å². The van der Waals surface area contributed by atoms with Crippen LogP contribution in [0.2, 0.25) is 5.02 Å². The molecule has 2 aromatic rings.